The Morgan fingerprint density at radius 3 is 2.54 bits per heavy atom. The van der Waals surface area contributed by atoms with Crippen LogP contribution in [0.4, 0.5) is 0 Å². The molecule has 1 unspecified atom stereocenters. The summed E-state index contributed by atoms with van der Waals surface area (Å²) in [6.07, 6.45) is 7.62. The number of carbonyl (C=O) groups is 2. The van der Waals surface area contributed by atoms with E-state index < -0.39 is 11.8 Å². The third-order valence-electron chi connectivity index (χ3n) is 5.66. The number of carbonyl (C=O) groups excluding carboxylic acids is 2. The molecular weight excluding hydrogens is 354 g/mol. The van der Waals surface area contributed by atoms with Crippen LogP contribution in [0.2, 0.25) is 0 Å². The van der Waals surface area contributed by atoms with E-state index in [0.717, 1.165) is 58.3 Å². The van der Waals surface area contributed by atoms with Crippen molar-refractivity contribution in [3.8, 4) is 0 Å². The van der Waals surface area contributed by atoms with Gasteiger partial charge >= 0.3 is 11.8 Å². The summed E-state index contributed by atoms with van der Waals surface area (Å²) in [6, 6.07) is 10.4. The van der Waals surface area contributed by atoms with Crippen LogP contribution in [-0.4, -0.2) is 55.5 Å². The summed E-state index contributed by atoms with van der Waals surface area (Å²) in [5, 5.41) is 5.66. The molecule has 3 rings (SSSR count). The monoisotopic (exact) mass is 387 g/mol. The first-order valence-electron chi connectivity index (χ1n) is 10.7. The van der Waals surface area contributed by atoms with Gasteiger partial charge in [0.1, 0.15) is 0 Å². The summed E-state index contributed by atoms with van der Waals surface area (Å²) in [5.41, 5.74) is 1.20. The molecule has 0 spiro atoms. The van der Waals surface area contributed by atoms with E-state index >= 15 is 0 Å². The van der Waals surface area contributed by atoms with Crippen LogP contribution in [0.3, 0.4) is 0 Å². The smallest absolute Gasteiger partial charge is 0.309 e. The fourth-order valence-corrected chi connectivity index (χ4v) is 4.03. The third kappa shape index (κ3) is 6.60. The molecule has 0 aromatic heterocycles. The second-order valence-electron chi connectivity index (χ2n) is 7.84. The predicted octanol–water partition coefficient (Wildman–Crippen LogP) is 2.41. The van der Waals surface area contributed by atoms with E-state index in [1.165, 1.54) is 18.4 Å². The average Bonchev–Trinajstić information content (AvgIpc) is 3.00. The van der Waals surface area contributed by atoms with Gasteiger partial charge in [0.2, 0.25) is 0 Å². The van der Waals surface area contributed by atoms with Crippen molar-refractivity contribution in [2.24, 2.45) is 0 Å². The minimum Gasteiger partial charge on any atom is -0.371 e. The van der Waals surface area contributed by atoms with Crippen molar-refractivity contribution in [2.45, 2.75) is 57.1 Å². The average molecular weight is 388 g/mol. The van der Waals surface area contributed by atoms with Gasteiger partial charge < -0.3 is 15.4 Å². The lowest BCUT2D eigenvalue weighted by Crippen LogP contribution is -2.45. The molecule has 0 radical (unpaired) electrons. The fraction of sp³-hybridized carbons (Fsp3) is 0.636. The summed E-state index contributed by atoms with van der Waals surface area (Å²) in [5.74, 6) is -0.990. The van der Waals surface area contributed by atoms with Crippen molar-refractivity contribution in [3.63, 3.8) is 0 Å². The molecule has 2 N–H and O–H groups in total. The quantitative estimate of drug-likeness (QED) is 0.447. The summed E-state index contributed by atoms with van der Waals surface area (Å²) < 4.78 is 5.89. The van der Waals surface area contributed by atoms with Crippen LogP contribution in [0.25, 0.3) is 0 Å². The molecule has 1 aromatic carbocycles. The summed E-state index contributed by atoms with van der Waals surface area (Å²) >= 11 is 0. The second kappa shape index (κ2) is 11.2. The van der Waals surface area contributed by atoms with Gasteiger partial charge in [-0.15, -0.1) is 0 Å². The molecule has 2 amide bonds. The summed E-state index contributed by atoms with van der Waals surface area (Å²) in [4.78, 5) is 26.5. The SMILES string of the molecule is O=C(NCCCN1CCOC(c2ccccc2)C1)C(=O)NC1CCCCCC1. The van der Waals surface area contributed by atoms with Gasteiger partial charge in [-0.3, -0.25) is 14.5 Å². The second-order valence-corrected chi connectivity index (χ2v) is 7.84. The number of nitrogens with zero attached hydrogens (tertiary/aromatic N) is 1. The van der Waals surface area contributed by atoms with Crippen LogP contribution in [0.5, 0.6) is 0 Å². The number of morpholine rings is 1. The molecule has 1 saturated carbocycles. The third-order valence-corrected chi connectivity index (χ3v) is 5.66. The lowest BCUT2D eigenvalue weighted by Gasteiger charge is -2.33. The molecule has 1 aliphatic heterocycles. The van der Waals surface area contributed by atoms with E-state index in [1.807, 2.05) is 18.2 Å². The van der Waals surface area contributed by atoms with Gasteiger partial charge in [0.15, 0.2) is 0 Å². The largest absolute Gasteiger partial charge is 0.371 e. The number of hydrogen-bond donors (Lipinski definition) is 2. The van der Waals surface area contributed by atoms with Crippen LogP contribution in [0.15, 0.2) is 30.3 Å². The van der Waals surface area contributed by atoms with Crippen molar-refractivity contribution < 1.29 is 14.3 Å². The highest BCUT2D eigenvalue weighted by molar-refractivity contribution is 6.35. The molecule has 0 bridgehead atoms. The number of hydrogen-bond acceptors (Lipinski definition) is 4. The highest BCUT2D eigenvalue weighted by Crippen LogP contribution is 2.21. The van der Waals surface area contributed by atoms with Crippen molar-refractivity contribution in [1.29, 1.82) is 0 Å². The molecular formula is C22H33N3O3. The fourth-order valence-electron chi connectivity index (χ4n) is 4.03. The van der Waals surface area contributed by atoms with E-state index in [0.29, 0.717) is 6.54 Å². The molecule has 28 heavy (non-hydrogen) atoms. The van der Waals surface area contributed by atoms with Gasteiger partial charge in [-0.05, 0) is 24.8 Å². The molecule has 6 heteroatoms. The highest BCUT2D eigenvalue weighted by atomic mass is 16.5. The van der Waals surface area contributed by atoms with E-state index in [4.69, 9.17) is 4.74 Å². The maximum Gasteiger partial charge on any atom is 0.309 e. The zero-order valence-corrected chi connectivity index (χ0v) is 16.7. The maximum absolute atomic E-state index is 12.1. The Labute approximate surface area is 168 Å². The molecule has 154 valence electrons. The topological polar surface area (TPSA) is 70.7 Å². The van der Waals surface area contributed by atoms with Crippen LogP contribution in [-0.2, 0) is 14.3 Å². The first-order chi connectivity index (χ1) is 13.7. The highest BCUT2D eigenvalue weighted by Gasteiger charge is 2.22. The van der Waals surface area contributed by atoms with Gasteiger partial charge in [-0.25, -0.2) is 0 Å². The number of nitrogens with one attached hydrogen (secondary N) is 2. The van der Waals surface area contributed by atoms with Crippen molar-refractivity contribution >= 4 is 11.8 Å². The lowest BCUT2D eigenvalue weighted by atomic mass is 10.1. The van der Waals surface area contributed by atoms with Gasteiger partial charge in [0.05, 0.1) is 12.7 Å². The Morgan fingerprint density at radius 1 is 1.04 bits per heavy atom. The van der Waals surface area contributed by atoms with Crippen molar-refractivity contribution in [3.05, 3.63) is 35.9 Å². The minimum absolute atomic E-state index is 0.106. The standard InChI is InChI=1S/C22H33N3O3/c26-21(22(27)24-19-11-6-1-2-7-12-19)23-13-8-14-25-15-16-28-20(17-25)18-9-4-3-5-10-18/h3-5,9-10,19-20H,1-2,6-8,11-17H2,(H,23,26)(H,24,27). The molecule has 6 nitrogen and oxygen atoms in total. The van der Waals surface area contributed by atoms with E-state index in [9.17, 15) is 9.59 Å². The van der Waals surface area contributed by atoms with Gasteiger partial charge in [-0.2, -0.15) is 0 Å². The number of rotatable bonds is 6. The number of benzene rings is 1. The summed E-state index contributed by atoms with van der Waals surface area (Å²) in [6.45, 7) is 3.89. The zero-order valence-electron chi connectivity index (χ0n) is 16.7. The Hall–Kier alpha value is -1.92. The van der Waals surface area contributed by atoms with Crippen LogP contribution in [0.1, 0.15) is 56.6 Å². The molecule has 1 saturated heterocycles. The lowest BCUT2D eigenvalue weighted by molar-refractivity contribution is -0.139. The number of amides is 2. The van der Waals surface area contributed by atoms with Crippen LogP contribution < -0.4 is 10.6 Å². The Bertz CT molecular complexity index is 615. The van der Waals surface area contributed by atoms with Crippen LogP contribution >= 0.6 is 0 Å². The molecule has 2 aliphatic rings. The predicted molar refractivity (Wildman–Crippen MR) is 109 cm³/mol. The Kier molecular flexibility index (Phi) is 8.30. The first-order valence-corrected chi connectivity index (χ1v) is 10.7. The first kappa shape index (κ1) is 20.8. The number of ether oxygens (including phenoxy) is 1. The van der Waals surface area contributed by atoms with Crippen LogP contribution in [0, 0.1) is 0 Å². The van der Waals surface area contributed by atoms with E-state index in [1.54, 1.807) is 0 Å². The van der Waals surface area contributed by atoms with Gasteiger partial charge in [-0.1, -0.05) is 56.0 Å². The normalized spacial score (nSPS) is 21.6. The van der Waals surface area contributed by atoms with Crippen molar-refractivity contribution in [1.82, 2.24) is 15.5 Å². The molecule has 2 fully saturated rings. The molecule has 1 heterocycles. The minimum atomic E-state index is -0.506. The van der Waals surface area contributed by atoms with Crippen molar-refractivity contribution in [2.75, 3.05) is 32.8 Å². The van der Waals surface area contributed by atoms with Gasteiger partial charge in [0.25, 0.3) is 0 Å². The Balaban J connectivity index is 1.32. The van der Waals surface area contributed by atoms with Gasteiger partial charge in [0, 0.05) is 32.2 Å². The maximum atomic E-state index is 12.1. The Morgan fingerprint density at radius 2 is 1.79 bits per heavy atom. The molecule has 1 aromatic rings. The molecule has 1 atom stereocenters. The molecule has 1 aliphatic carbocycles. The van der Waals surface area contributed by atoms with E-state index in [-0.39, 0.29) is 12.1 Å². The summed E-state index contributed by atoms with van der Waals surface area (Å²) in [7, 11) is 0. The van der Waals surface area contributed by atoms with E-state index in [2.05, 4.69) is 27.7 Å². The zero-order chi connectivity index (χ0) is 19.6.